The van der Waals surface area contributed by atoms with Crippen molar-refractivity contribution in [2.24, 2.45) is 5.10 Å². The van der Waals surface area contributed by atoms with Gasteiger partial charge in [-0.25, -0.2) is 5.43 Å². The summed E-state index contributed by atoms with van der Waals surface area (Å²) >= 11 is 0. The number of likely N-dealkylation sites (N-methyl/N-ethyl adjacent to an activating group) is 1. The van der Waals surface area contributed by atoms with Crippen molar-refractivity contribution in [1.82, 2.24) is 5.43 Å². The lowest BCUT2D eigenvalue weighted by Gasteiger charge is -2.26. The first-order valence-electron chi connectivity index (χ1n) is 7.39. The zero-order valence-electron chi connectivity index (χ0n) is 12.4. The summed E-state index contributed by atoms with van der Waals surface area (Å²) in [6.45, 7) is 5.49. The maximum atomic E-state index is 11.7. The van der Waals surface area contributed by atoms with Gasteiger partial charge in [-0.3, -0.25) is 4.79 Å². The van der Waals surface area contributed by atoms with Gasteiger partial charge < -0.3 is 14.9 Å². The smallest absolute Gasteiger partial charge is 0.245 e. The van der Waals surface area contributed by atoms with Crippen LogP contribution < -0.4 is 15.2 Å². The van der Waals surface area contributed by atoms with Crippen LogP contribution in [0.1, 0.15) is 12.0 Å². The van der Waals surface area contributed by atoms with E-state index in [0.29, 0.717) is 6.42 Å². The van der Waals surface area contributed by atoms with Crippen molar-refractivity contribution in [3.05, 3.63) is 29.8 Å². The molecule has 0 aromatic heterocycles. The predicted octanol–water partition coefficient (Wildman–Crippen LogP) is -2.35. The summed E-state index contributed by atoms with van der Waals surface area (Å²) in [4.78, 5) is 14.8. The molecule has 6 nitrogen and oxygen atoms in total. The van der Waals surface area contributed by atoms with Crippen LogP contribution in [0.5, 0.6) is 5.75 Å². The molecule has 1 aliphatic rings. The monoisotopic (exact) mass is 292 g/mol. The number of quaternary nitrogens is 2. The van der Waals surface area contributed by atoms with E-state index < -0.39 is 0 Å². The number of nitrogens with one attached hydrogen (secondary N) is 3. The van der Waals surface area contributed by atoms with Crippen molar-refractivity contribution in [1.29, 1.82) is 0 Å². The Labute approximate surface area is 125 Å². The lowest BCUT2D eigenvalue weighted by molar-refractivity contribution is -1.00. The van der Waals surface area contributed by atoms with Gasteiger partial charge in [0.25, 0.3) is 0 Å². The van der Waals surface area contributed by atoms with Gasteiger partial charge in [0, 0.05) is 0 Å². The number of phenols is 1. The van der Waals surface area contributed by atoms with Crippen LogP contribution in [0.3, 0.4) is 0 Å². The summed E-state index contributed by atoms with van der Waals surface area (Å²) in [7, 11) is 2.21. The number of amides is 1. The van der Waals surface area contributed by atoms with E-state index in [1.165, 1.54) is 18.0 Å². The number of hydrazone groups is 1. The van der Waals surface area contributed by atoms with Gasteiger partial charge in [0.15, 0.2) is 0 Å². The van der Waals surface area contributed by atoms with E-state index in [1.807, 2.05) is 0 Å². The van der Waals surface area contributed by atoms with Crippen LogP contribution in [0, 0.1) is 0 Å². The average Bonchev–Trinajstić information content (AvgIpc) is 2.49. The van der Waals surface area contributed by atoms with Crippen molar-refractivity contribution >= 4 is 12.1 Å². The molecule has 0 aliphatic carbocycles. The maximum Gasteiger partial charge on any atom is 0.245 e. The Hall–Kier alpha value is -1.92. The number of aromatic hydroxyl groups is 1. The Morgan fingerprint density at radius 2 is 1.95 bits per heavy atom. The zero-order valence-corrected chi connectivity index (χ0v) is 12.4. The van der Waals surface area contributed by atoms with E-state index in [-0.39, 0.29) is 11.7 Å². The number of hydrogen-bond acceptors (Lipinski definition) is 3. The summed E-state index contributed by atoms with van der Waals surface area (Å²) < 4.78 is 0. The van der Waals surface area contributed by atoms with Gasteiger partial charge >= 0.3 is 0 Å². The topological polar surface area (TPSA) is 70.6 Å². The standard InChI is InChI=1S/C15H22N4O2/c1-18-8-10-19(11-9-18)7-6-15(21)17-16-12-13-2-4-14(20)5-3-13/h2-5,12,20H,6-11H2,1H3,(H,17,21)/p+2/b16-12+. The molecule has 114 valence electrons. The lowest BCUT2D eigenvalue weighted by Crippen LogP contribution is -3.27. The van der Waals surface area contributed by atoms with E-state index in [4.69, 9.17) is 5.11 Å². The minimum absolute atomic E-state index is 0.0520. The second kappa shape index (κ2) is 7.75. The quantitative estimate of drug-likeness (QED) is 0.362. The molecule has 2 rings (SSSR count). The molecule has 6 heteroatoms. The van der Waals surface area contributed by atoms with Crippen LogP contribution in [0.25, 0.3) is 0 Å². The second-order valence-electron chi connectivity index (χ2n) is 5.59. The van der Waals surface area contributed by atoms with E-state index in [2.05, 4.69) is 17.6 Å². The first-order valence-corrected chi connectivity index (χ1v) is 7.39. The van der Waals surface area contributed by atoms with Gasteiger partial charge in [-0.2, -0.15) is 5.10 Å². The van der Waals surface area contributed by atoms with Crippen molar-refractivity contribution in [2.75, 3.05) is 39.8 Å². The molecule has 1 aromatic rings. The molecule has 1 aromatic carbocycles. The first kappa shape index (κ1) is 15.5. The Kier molecular flexibility index (Phi) is 5.71. The molecule has 1 heterocycles. The maximum absolute atomic E-state index is 11.7. The number of piperazine rings is 1. The van der Waals surface area contributed by atoms with E-state index in [9.17, 15) is 4.79 Å². The Balaban J connectivity index is 1.66. The lowest BCUT2D eigenvalue weighted by atomic mass is 10.2. The number of carbonyl (C=O) groups excluding carboxylic acids is 1. The summed E-state index contributed by atoms with van der Waals surface area (Å²) in [6.07, 6.45) is 2.07. The number of phenolic OH excluding ortho intramolecular Hbond substituents is 1. The van der Waals surface area contributed by atoms with E-state index in [0.717, 1.165) is 25.2 Å². The third-order valence-corrected chi connectivity index (χ3v) is 3.81. The van der Waals surface area contributed by atoms with Crippen LogP contribution >= 0.6 is 0 Å². The molecule has 1 aliphatic heterocycles. The number of benzene rings is 1. The summed E-state index contributed by atoms with van der Waals surface area (Å²) in [5.74, 6) is 0.164. The van der Waals surface area contributed by atoms with Crippen molar-refractivity contribution in [3.8, 4) is 5.75 Å². The average molecular weight is 292 g/mol. The van der Waals surface area contributed by atoms with Crippen molar-refractivity contribution < 1.29 is 19.7 Å². The number of nitrogens with zero attached hydrogens (tertiary/aromatic N) is 1. The summed E-state index contributed by atoms with van der Waals surface area (Å²) in [5.41, 5.74) is 3.38. The molecule has 0 bridgehead atoms. The number of hydrogen-bond donors (Lipinski definition) is 4. The van der Waals surface area contributed by atoms with Gasteiger partial charge in [0.2, 0.25) is 5.91 Å². The molecular weight excluding hydrogens is 268 g/mol. The van der Waals surface area contributed by atoms with Gasteiger partial charge in [-0.15, -0.1) is 0 Å². The van der Waals surface area contributed by atoms with Gasteiger partial charge in [0.1, 0.15) is 31.9 Å². The Morgan fingerprint density at radius 3 is 2.62 bits per heavy atom. The highest BCUT2D eigenvalue weighted by atomic mass is 16.3. The van der Waals surface area contributed by atoms with Crippen LogP contribution in [-0.2, 0) is 4.79 Å². The van der Waals surface area contributed by atoms with Gasteiger partial charge in [-0.1, -0.05) is 0 Å². The SMILES string of the molecule is C[NH+]1CC[NH+](CCC(=O)N/N=C/c2ccc(O)cc2)CC1. The largest absolute Gasteiger partial charge is 0.508 e. The second-order valence-corrected chi connectivity index (χ2v) is 5.59. The van der Waals surface area contributed by atoms with Gasteiger partial charge in [-0.05, 0) is 29.8 Å². The first-order chi connectivity index (χ1) is 10.1. The van der Waals surface area contributed by atoms with Crippen LogP contribution in [0.2, 0.25) is 0 Å². The zero-order chi connectivity index (χ0) is 15.1. The summed E-state index contributed by atoms with van der Waals surface area (Å²) in [5, 5.41) is 13.1. The summed E-state index contributed by atoms with van der Waals surface area (Å²) in [6, 6.07) is 6.65. The minimum Gasteiger partial charge on any atom is -0.508 e. The van der Waals surface area contributed by atoms with Crippen molar-refractivity contribution in [3.63, 3.8) is 0 Å². The van der Waals surface area contributed by atoms with Gasteiger partial charge in [0.05, 0.1) is 26.2 Å². The fourth-order valence-electron chi connectivity index (χ4n) is 2.37. The molecule has 1 amide bonds. The molecule has 0 radical (unpaired) electrons. The fraction of sp³-hybridized carbons (Fsp3) is 0.467. The fourth-order valence-corrected chi connectivity index (χ4v) is 2.37. The third-order valence-electron chi connectivity index (χ3n) is 3.81. The molecule has 21 heavy (non-hydrogen) atoms. The molecule has 0 saturated carbocycles. The van der Waals surface area contributed by atoms with E-state index in [1.54, 1.807) is 35.4 Å². The number of rotatable bonds is 5. The van der Waals surface area contributed by atoms with Crippen LogP contribution in [0.15, 0.2) is 29.4 Å². The Bertz CT molecular complexity index is 479. The normalized spacial score (nSPS) is 22.3. The van der Waals surface area contributed by atoms with Crippen LogP contribution in [-0.4, -0.2) is 57.0 Å². The van der Waals surface area contributed by atoms with E-state index >= 15 is 0 Å². The molecule has 1 fully saturated rings. The van der Waals surface area contributed by atoms with Crippen molar-refractivity contribution in [2.45, 2.75) is 6.42 Å². The highest BCUT2D eigenvalue weighted by molar-refractivity contribution is 5.82. The molecule has 0 spiro atoms. The molecule has 1 saturated heterocycles. The molecule has 4 N–H and O–H groups in total. The highest BCUT2D eigenvalue weighted by Gasteiger charge is 2.20. The number of carbonyl (C=O) groups is 1. The molecule has 0 atom stereocenters. The highest BCUT2D eigenvalue weighted by Crippen LogP contribution is 2.07. The molecular formula is C15H24N4O2+2. The third kappa shape index (κ3) is 5.53. The Morgan fingerprint density at radius 1 is 1.29 bits per heavy atom. The van der Waals surface area contributed by atoms with Crippen LogP contribution in [0.4, 0.5) is 0 Å². The predicted molar refractivity (Wildman–Crippen MR) is 80.6 cm³/mol. The molecule has 0 unspecified atom stereocenters. The minimum atomic E-state index is -0.0520.